The Morgan fingerprint density at radius 3 is 2.48 bits per heavy atom. The summed E-state index contributed by atoms with van der Waals surface area (Å²) in [6.07, 6.45) is -2.46. The largest absolute Gasteiger partial charge is 0.492 e. The van der Waals surface area contributed by atoms with E-state index in [9.17, 15) is 22.8 Å². The molecule has 4 rings (SSSR count). The van der Waals surface area contributed by atoms with E-state index in [4.69, 9.17) is 33.7 Å². The number of carbonyl (C=O) groups is 2. The van der Waals surface area contributed by atoms with Crippen LogP contribution in [0.3, 0.4) is 0 Å². The molecule has 42 heavy (non-hydrogen) atoms. The normalized spacial score (nSPS) is 14.7. The Kier molecular flexibility index (Phi) is 9.98. The average molecular weight is 635 g/mol. The molecule has 0 unspecified atom stereocenters. The van der Waals surface area contributed by atoms with Crippen LogP contribution in [0.15, 0.2) is 65.6 Å². The first-order valence-electron chi connectivity index (χ1n) is 12.7. The number of thioether (sulfide) groups is 1. The predicted molar refractivity (Wildman–Crippen MR) is 163 cm³/mol. The van der Waals surface area contributed by atoms with Crippen molar-refractivity contribution < 1.29 is 32.6 Å². The number of aromatic carboxylic acids is 1. The van der Waals surface area contributed by atoms with Crippen molar-refractivity contribution in [1.82, 2.24) is 9.80 Å². The third-order valence-electron chi connectivity index (χ3n) is 6.40. The lowest BCUT2D eigenvalue weighted by Crippen LogP contribution is -2.30. The Labute approximate surface area is 255 Å². The van der Waals surface area contributed by atoms with Gasteiger partial charge in [-0.25, -0.2) is 4.79 Å². The fourth-order valence-electron chi connectivity index (χ4n) is 4.11. The summed E-state index contributed by atoms with van der Waals surface area (Å²) >= 11 is 12.9. The van der Waals surface area contributed by atoms with Gasteiger partial charge in [0.1, 0.15) is 16.7 Å². The summed E-state index contributed by atoms with van der Waals surface area (Å²) < 4.78 is 46.6. The number of carboxylic acids is 1. The van der Waals surface area contributed by atoms with Gasteiger partial charge in [0.05, 0.1) is 16.0 Å². The summed E-state index contributed by atoms with van der Waals surface area (Å²) in [6, 6.07) is 14.4. The van der Waals surface area contributed by atoms with Gasteiger partial charge in [0.15, 0.2) is 0 Å². The van der Waals surface area contributed by atoms with Crippen molar-refractivity contribution in [2.75, 3.05) is 33.8 Å². The second-order valence-electron chi connectivity index (χ2n) is 9.68. The zero-order chi connectivity index (χ0) is 30.6. The first-order valence-corrected chi connectivity index (χ1v) is 14.3. The number of hydrogen-bond acceptors (Lipinski definition) is 6. The van der Waals surface area contributed by atoms with E-state index in [-0.39, 0.29) is 22.1 Å². The molecule has 0 aliphatic carbocycles. The van der Waals surface area contributed by atoms with Crippen LogP contribution in [0, 0.1) is 0 Å². The number of benzene rings is 3. The molecule has 6 nitrogen and oxygen atoms in total. The molecule has 12 heteroatoms. The molecule has 1 fully saturated rings. The fourth-order valence-corrected chi connectivity index (χ4v) is 5.64. The first kappa shape index (κ1) is 31.6. The lowest BCUT2D eigenvalue weighted by Gasteiger charge is -2.16. The van der Waals surface area contributed by atoms with Crippen molar-refractivity contribution >= 4 is 57.9 Å². The molecular formula is C30H26ClF3N2O4S2. The SMILES string of the molecule is CN(C)CCOc1ccc(-c2cc(C(F)(F)F)ccc2Cl)cc1C=C1SC(=S)N(CCc2ccc(C(=O)O)cc2)C1=O. The fraction of sp³-hybridized carbons (Fsp3) is 0.233. The number of amides is 1. The molecule has 0 radical (unpaired) electrons. The van der Waals surface area contributed by atoms with Crippen LogP contribution in [0.25, 0.3) is 17.2 Å². The van der Waals surface area contributed by atoms with E-state index in [1.54, 1.807) is 36.4 Å². The maximum absolute atomic E-state index is 13.4. The van der Waals surface area contributed by atoms with Crippen LogP contribution in [0.2, 0.25) is 5.02 Å². The molecule has 1 heterocycles. The Morgan fingerprint density at radius 1 is 1.12 bits per heavy atom. The molecule has 0 atom stereocenters. The third-order valence-corrected chi connectivity index (χ3v) is 8.10. The van der Waals surface area contributed by atoms with Gasteiger partial charge in [-0.15, -0.1) is 0 Å². The molecule has 3 aromatic carbocycles. The Bertz CT molecular complexity index is 1540. The molecule has 0 aromatic heterocycles. The quantitative estimate of drug-likeness (QED) is 0.188. The molecule has 0 bridgehead atoms. The van der Waals surface area contributed by atoms with Crippen molar-refractivity contribution in [2.45, 2.75) is 12.6 Å². The van der Waals surface area contributed by atoms with Gasteiger partial charge in [0.25, 0.3) is 5.91 Å². The van der Waals surface area contributed by atoms with Crippen molar-refractivity contribution in [2.24, 2.45) is 0 Å². The first-order chi connectivity index (χ1) is 19.8. The van der Waals surface area contributed by atoms with E-state index in [0.29, 0.717) is 52.2 Å². The highest BCUT2D eigenvalue weighted by Gasteiger charge is 2.33. The summed E-state index contributed by atoms with van der Waals surface area (Å²) in [6.45, 7) is 1.26. The van der Waals surface area contributed by atoms with E-state index < -0.39 is 17.7 Å². The van der Waals surface area contributed by atoms with Gasteiger partial charge in [-0.3, -0.25) is 9.69 Å². The summed E-state index contributed by atoms with van der Waals surface area (Å²) in [5.41, 5.74) is 1.31. The summed E-state index contributed by atoms with van der Waals surface area (Å²) in [5.74, 6) is -0.880. The van der Waals surface area contributed by atoms with Crippen molar-refractivity contribution in [1.29, 1.82) is 0 Å². The zero-order valence-corrected chi connectivity index (χ0v) is 25.0. The monoisotopic (exact) mass is 634 g/mol. The van der Waals surface area contributed by atoms with Crippen LogP contribution in [0.4, 0.5) is 13.2 Å². The Balaban J connectivity index is 1.63. The molecule has 1 amide bonds. The number of rotatable bonds is 10. The maximum atomic E-state index is 13.4. The van der Waals surface area contributed by atoms with E-state index in [1.165, 1.54) is 23.1 Å². The third kappa shape index (κ3) is 7.71. The van der Waals surface area contributed by atoms with Gasteiger partial charge in [0.2, 0.25) is 0 Å². The second kappa shape index (κ2) is 13.3. The Morgan fingerprint density at radius 2 is 1.83 bits per heavy atom. The molecule has 1 saturated heterocycles. The molecule has 1 aliphatic rings. The number of thiocarbonyl (C=S) groups is 1. The molecular weight excluding hydrogens is 609 g/mol. The lowest BCUT2D eigenvalue weighted by atomic mass is 9.99. The minimum absolute atomic E-state index is 0.151. The molecule has 1 N–H and O–H groups in total. The van der Waals surface area contributed by atoms with Crippen molar-refractivity contribution in [3.8, 4) is 16.9 Å². The van der Waals surface area contributed by atoms with Gasteiger partial charge in [-0.05, 0) is 80.2 Å². The summed E-state index contributed by atoms with van der Waals surface area (Å²) in [7, 11) is 3.80. The second-order valence-corrected chi connectivity index (χ2v) is 11.8. The van der Waals surface area contributed by atoms with Gasteiger partial charge in [-0.2, -0.15) is 13.2 Å². The van der Waals surface area contributed by atoms with E-state index in [1.807, 2.05) is 19.0 Å². The topological polar surface area (TPSA) is 70.1 Å². The van der Waals surface area contributed by atoms with Crippen LogP contribution in [-0.2, 0) is 17.4 Å². The van der Waals surface area contributed by atoms with E-state index in [0.717, 1.165) is 29.5 Å². The van der Waals surface area contributed by atoms with Crippen LogP contribution in [-0.4, -0.2) is 64.9 Å². The maximum Gasteiger partial charge on any atom is 0.416 e. The summed E-state index contributed by atoms with van der Waals surface area (Å²) in [4.78, 5) is 28.2. The van der Waals surface area contributed by atoms with E-state index in [2.05, 4.69) is 0 Å². The van der Waals surface area contributed by atoms with Crippen LogP contribution in [0.5, 0.6) is 5.75 Å². The van der Waals surface area contributed by atoms with Crippen LogP contribution >= 0.6 is 35.6 Å². The van der Waals surface area contributed by atoms with Gasteiger partial charge >= 0.3 is 12.1 Å². The van der Waals surface area contributed by atoms with Crippen LogP contribution < -0.4 is 4.74 Å². The smallest absolute Gasteiger partial charge is 0.416 e. The minimum atomic E-state index is -4.54. The number of nitrogens with zero attached hydrogens (tertiary/aromatic N) is 2. The number of carbonyl (C=O) groups excluding carboxylic acids is 1. The molecule has 0 saturated carbocycles. The summed E-state index contributed by atoms with van der Waals surface area (Å²) in [5, 5.41) is 9.24. The highest BCUT2D eigenvalue weighted by atomic mass is 35.5. The average Bonchev–Trinajstić information content (AvgIpc) is 3.19. The molecule has 220 valence electrons. The molecule has 0 spiro atoms. The number of likely N-dealkylation sites (N-methyl/N-ethyl adjacent to an activating group) is 1. The van der Waals surface area contributed by atoms with Gasteiger partial charge in [0, 0.05) is 29.2 Å². The zero-order valence-electron chi connectivity index (χ0n) is 22.6. The predicted octanol–water partition coefficient (Wildman–Crippen LogP) is 7.11. The van der Waals surface area contributed by atoms with Crippen molar-refractivity contribution in [3.63, 3.8) is 0 Å². The molecule has 3 aromatic rings. The van der Waals surface area contributed by atoms with E-state index >= 15 is 0 Å². The highest BCUT2D eigenvalue weighted by Crippen LogP contribution is 2.39. The van der Waals surface area contributed by atoms with Crippen molar-refractivity contribution in [3.05, 3.63) is 92.8 Å². The van der Waals surface area contributed by atoms with Gasteiger partial charge < -0.3 is 14.7 Å². The molecule has 1 aliphatic heterocycles. The Hall–Kier alpha value is -3.38. The van der Waals surface area contributed by atoms with Crippen LogP contribution in [0.1, 0.15) is 27.0 Å². The van der Waals surface area contributed by atoms with Gasteiger partial charge in [-0.1, -0.05) is 53.8 Å². The number of hydrogen-bond donors (Lipinski definition) is 1. The highest BCUT2D eigenvalue weighted by molar-refractivity contribution is 8.26. The standard InChI is InChI=1S/C30H26ClF3N2O4S2/c1-35(2)13-14-40-25-10-7-20(23-17-22(30(32,33)34)8-9-24(23)31)15-21(25)16-26-27(37)36(29(41)42-26)12-11-18-3-5-19(6-4-18)28(38)39/h3-10,15-17H,11-14H2,1-2H3,(H,38,39). The number of alkyl halides is 3. The minimum Gasteiger partial charge on any atom is -0.492 e. The number of ether oxygens (including phenoxy) is 1. The number of carboxylic acid groups (broad SMARTS) is 1. The lowest BCUT2D eigenvalue weighted by molar-refractivity contribution is -0.137. The number of halogens is 4.